The van der Waals surface area contributed by atoms with Crippen molar-refractivity contribution in [3.05, 3.63) is 70.7 Å². The number of nitrogens with two attached hydrogens (primary N) is 1. The lowest BCUT2D eigenvalue weighted by Crippen LogP contribution is -2.24. The predicted molar refractivity (Wildman–Crippen MR) is 140 cm³/mol. The molecular weight excluding hydrogens is 461 g/mol. The van der Waals surface area contributed by atoms with E-state index in [1.54, 1.807) is 6.92 Å². The van der Waals surface area contributed by atoms with Gasteiger partial charge in [-0.2, -0.15) is 0 Å². The molecule has 1 fully saturated rings. The van der Waals surface area contributed by atoms with E-state index in [4.69, 9.17) is 5.73 Å². The van der Waals surface area contributed by atoms with E-state index < -0.39 is 17.5 Å². The molecule has 1 unspecified atom stereocenters. The second-order valence-corrected chi connectivity index (χ2v) is 10.6. The summed E-state index contributed by atoms with van der Waals surface area (Å²) in [7, 11) is 0. The summed E-state index contributed by atoms with van der Waals surface area (Å²) in [5.41, 5.74) is 9.30. The third-order valence-electron chi connectivity index (χ3n) is 6.66. The maximum absolute atomic E-state index is 14.8. The summed E-state index contributed by atoms with van der Waals surface area (Å²) < 4.78 is 14.8. The van der Waals surface area contributed by atoms with E-state index >= 15 is 0 Å². The smallest absolute Gasteiger partial charge is 0.289 e. The van der Waals surface area contributed by atoms with Crippen LogP contribution in [-0.2, 0) is 11.3 Å². The summed E-state index contributed by atoms with van der Waals surface area (Å²) in [6.45, 7) is 7.20. The van der Waals surface area contributed by atoms with Crippen LogP contribution in [0.3, 0.4) is 0 Å². The molecule has 2 aliphatic heterocycles. The van der Waals surface area contributed by atoms with Crippen LogP contribution in [0, 0.1) is 18.7 Å². The molecule has 7 heteroatoms. The molecule has 2 aromatic rings. The molecule has 0 aromatic heterocycles. The van der Waals surface area contributed by atoms with Crippen molar-refractivity contribution in [3.63, 3.8) is 0 Å². The van der Waals surface area contributed by atoms with E-state index in [1.165, 1.54) is 73.3 Å². The maximum Gasteiger partial charge on any atom is 0.289 e. The molecule has 2 aliphatic rings. The number of hydrogen-bond donors (Lipinski definition) is 1. The number of ketones is 1. The number of amides is 1. The number of primary amides is 1. The summed E-state index contributed by atoms with van der Waals surface area (Å²) in [5.74, 6) is -2.30. The van der Waals surface area contributed by atoms with Crippen LogP contribution in [0.25, 0.3) is 5.57 Å². The minimum Gasteiger partial charge on any atom is -0.363 e. The van der Waals surface area contributed by atoms with Gasteiger partial charge in [0.1, 0.15) is 5.82 Å². The van der Waals surface area contributed by atoms with Gasteiger partial charge in [-0.15, -0.1) is 0 Å². The van der Waals surface area contributed by atoms with E-state index in [9.17, 15) is 14.0 Å². The quantitative estimate of drug-likeness (QED) is 0.411. The van der Waals surface area contributed by atoms with E-state index in [2.05, 4.69) is 41.1 Å². The van der Waals surface area contributed by atoms with E-state index in [1.807, 2.05) is 6.20 Å². The van der Waals surface area contributed by atoms with Gasteiger partial charge in [-0.25, -0.2) is 4.39 Å². The fourth-order valence-corrected chi connectivity index (χ4v) is 5.82. The van der Waals surface area contributed by atoms with Crippen LogP contribution in [0.15, 0.2) is 52.5 Å². The Hall–Kier alpha value is -2.77. The molecule has 0 saturated carbocycles. The van der Waals surface area contributed by atoms with Crippen LogP contribution >= 0.6 is 11.8 Å². The lowest BCUT2D eigenvalue weighted by Gasteiger charge is -2.23. The van der Waals surface area contributed by atoms with Gasteiger partial charge in [-0.1, -0.05) is 55.8 Å². The summed E-state index contributed by atoms with van der Waals surface area (Å²) in [5, 5.41) is 0.818. The molecule has 0 aliphatic carbocycles. The van der Waals surface area contributed by atoms with Crippen molar-refractivity contribution in [1.82, 2.24) is 4.90 Å². The molecule has 5 nitrogen and oxygen atoms in total. The van der Waals surface area contributed by atoms with Crippen LogP contribution in [0.4, 0.5) is 4.39 Å². The molecule has 35 heavy (non-hydrogen) atoms. The van der Waals surface area contributed by atoms with Gasteiger partial charge in [0.2, 0.25) is 5.78 Å². The Morgan fingerprint density at radius 2 is 1.89 bits per heavy atom. The highest BCUT2D eigenvalue weighted by atomic mass is 32.2. The van der Waals surface area contributed by atoms with E-state index in [-0.39, 0.29) is 11.5 Å². The summed E-state index contributed by atoms with van der Waals surface area (Å²) in [4.78, 5) is 30.6. The molecule has 184 valence electrons. The zero-order chi connectivity index (χ0) is 24.9. The minimum atomic E-state index is -1.09. The Labute approximate surface area is 210 Å². The van der Waals surface area contributed by atoms with Crippen molar-refractivity contribution in [3.8, 4) is 0 Å². The molecule has 2 N–H and O–H groups in total. The molecule has 1 amide bonds. The lowest BCUT2D eigenvalue weighted by atomic mass is 9.90. The number of carbonyl (C=O) groups is 2. The lowest BCUT2D eigenvalue weighted by molar-refractivity contribution is -0.114. The van der Waals surface area contributed by atoms with Gasteiger partial charge in [0.25, 0.3) is 5.91 Å². The Balaban J connectivity index is 1.50. The van der Waals surface area contributed by atoms with Crippen molar-refractivity contribution in [2.24, 2.45) is 16.6 Å². The standard InChI is InChI=1S/C28H32FN3O2S/c1-18-13-25(35-27-19(2)12-22(15-24(27)29)26(33)28(30)34)31-16-23(18)21-9-7-8-20(14-21)17-32-10-5-3-4-6-11-32/h7-9,12,14-16,18H,3-6,10-11,13,17H2,1-2H3,(H2,30,34). The molecule has 1 saturated heterocycles. The first-order valence-corrected chi connectivity index (χ1v) is 13.0. The highest BCUT2D eigenvalue weighted by Crippen LogP contribution is 2.36. The minimum absolute atomic E-state index is 0.0296. The zero-order valence-corrected chi connectivity index (χ0v) is 21.2. The first-order valence-electron chi connectivity index (χ1n) is 12.2. The van der Waals surface area contributed by atoms with Crippen molar-refractivity contribution in [1.29, 1.82) is 0 Å². The fourth-order valence-electron chi connectivity index (χ4n) is 4.77. The van der Waals surface area contributed by atoms with Gasteiger partial charge in [-0.3, -0.25) is 19.5 Å². The van der Waals surface area contributed by atoms with Crippen LogP contribution in [0.1, 0.15) is 66.1 Å². The van der Waals surface area contributed by atoms with Gasteiger partial charge in [0.15, 0.2) is 0 Å². The van der Waals surface area contributed by atoms with Crippen molar-refractivity contribution in [2.75, 3.05) is 13.1 Å². The second-order valence-electron chi connectivity index (χ2n) is 9.50. The molecule has 0 bridgehead atoms. The number of hydrogen-bond acceptors (Lipinski definition) is 5. The third-order valence-corrected chi connectivity index (χ3v) is 7.89. The number of allylic oxidation sites excluding steroid dienone is 1. The van der Waals surface area contributed by atoms with Crippen LogP contribution in [0.2, 0.25) is 0 Å². The SMILES string of the molecule is Cc1cc(C(=O)C(N)=O)cc(F)c1SC1=NC=C(c2cccc(CN3CCCCCC3)c2)C(C)C1. The maximum atomic E-state index is 14.8. The molecule has 0 spiro atoms. The molecule has 0 radical (unpaired) electrons. The van der Waals surface area contributed by atoms with Gasteiger partial charge >= 0.3 is 0 Å². The number of benzene rings is 2. The highest BCUT2D eigenvalue weighted by Gasteiger charge is 2.22. The Morgan fingerprint density at radius 3 is 2.54 bits per heavy atom. The van der Waals surface area contributed by atoms with Crippen LogP contribution in [0.5, 0.6) is 0 Å². The number of aryl methyl sites for hydroxylation is 1. The number of nitrogens with zero attached hydrogens (tertiary/aromatic N) is 2. The van der Waals surface area contributed by atoms with E-state index in [0.29, 0.717) is 16.9 Å². The average molecular weight is 494 g/mol. The Kier molecular flexibility index (Phi) is 8.19. The molecule has 4 rings (SSSR count). The largest absolute Gasteiger partial charge is 0.363 e. The van der Waals surface area contributed by atoms with Crippen LogP contribution < -0.4 is 5.73 Å². The van der Waals surface area contributed by atoms with Gasteiger partial charge in [-0.05, 0) is 73.2 Å². The number of rotatable bonds is 6. The van der Waals surface area contributed by atoms with Crippen LogP contribution in [-0.4, -0.2) is 34.7 Å². The Bertz CT molecular complexity index is 1160. The van der Waals surface area contributed by atoms with Gasteiger partial charge in [0.05, 0.1) is 9.94 Å². The second kappa shape index (κ2) is 11.3. The van der Waals surface area contributed by atoms with Crippen molar-refractivity contribution >= 4 is 34.1 Å². The first-order chi connectivity index (χ1) is 16.8. The third kappa shape index (κ3) is 6.27. The average Bonchev–Trinajstić information content (AvgIpc) is 3.09. The molecule has 2 heterocycles. The monoisotopic (exact) mass is 493 g/mol. The number of thioether (sulfide) groups is 1. The number of Topliss-reactive ketones (excluding diaryl/α,β-unsaturated/α-hetero) is 1. The molecular formula is C28H32FN3O2S. The normalized spacial score (nSPS) is 19.0. The number of aliphatic imine (C=N–C) groups is 1. The van der Waals surface area contributed by atoms with Gasteiger partial charge < -0.3 is 5.73 Å². The zero-order valence-electron chi connectivity index (χ0n) is 20.4. The topological polar surface area (TPSA) is 75.8 Å². The summed E-state index contributed by atoms with van der Waals surface area (Å²) in [6.07, 6.45) is 7.83. The predicted octanol–water partition coefficient (Wildman–Crippen LogP) is 5.75. The van der Waals surface area contributed by atoms with Gasteiger partial charge in [0, 0.05) is 24.7 Å². The number of carbonyl (C=O) groups excluding carboxylic acids is 2. The molecule has 1 atom stereocenters. The number of likely N-dealkylation sites (tertiary alicyclic amines) is 1. The molecule has 2 aromatic carbocycles. The first kappa shape index (κ1) is 25.3. The summed E-state index contributed by atoms with van der Waals surface area (Å²) in [6, 6.07) is 11.3. The summed E-state index contributed by atoms with van der Waals surface area (Å²) >= 11 is 1.27. The number of halogens is 1. The van der Waals surface area contributed by atoms with Crippen molar-refractivity contribution in [2.45, 2.75) is 57.4 Å². The fraction of sp³-hybridized carbons (Fsp3) is 0.393. The Morgan fingerprint density at radius 1 is 1.14 bits per heavy atom. The van der Waals surface area contributed by atoms with Crippen molar-refractivity contribution < 1.29 is 14.0 Å². The highest BCUT2D eigenvalue weighted by molar-refractivity contribution is 8.14. The van der Waals surface area contributed by atoms with E-state index in [0.717, 1.165) is 17.7 Å².